The third-order valence-corrected chi connectivity index (χ3v) is 2.54. The molecule has 0 aliphatic rings. The summed E-state index contributed by atoms with van der Waals surface area (Å²) in [7, 11) is 0. The number of hydrogen-bond acceptors (Lipinski definition) is 4. The largest absolute Gasteiger partial charge is 0.489 e. The summed E-state index contributed by atoms with van der Waals surface area (Å²) in [6.07, 6.45) is 0. The summed E-state index contributed by atoms with van der Waals surface area (Å²) in [5.74, 6) is 0.804. The van der Waals surface area contributed by atoms with Crippen molar-refractivity contribution < 1.29 is 4.74 Å². The Morgan fingerprint density at radius 3 is 2.68 bits per heavy atom. The van der Waals surface area contributed by atoms with E-state index in [4.69, 9.17) is 4.74 Å². The lowest BCUT2D eigenvalue weighted by Crippen LogP contribution is -2.34. The Morgan fingerprint density at radius 2 is 1.89 bits per heavy atom. The number of rotatable bonds is 7. The molecule has 2 aromatic carbocycles. The Bertz CT molecular complexity index is 519. The molecule has 2 rings (SSSR count). The van der Waals surface area contributed by atoms with Crippen LogP contribution in [0.25, 0.3) is 0 Å². The van der Waals surface area contributed by atoms with E-state index in [9.17, 15) is 0 Å². The van der Waals surface area contributed by atoms with Crippen molar-refractivity contribution in [2.45, 2.75) is 6.61 Å². The van der Waals surface area contributed by atoms with Gasteiger partial charge in [-0.15, -0.1) is 5.53 Å². The molecule has 4 nitrogen and oxygen atoms in total. The van der Waals surface area contributed by atoms with Crippen LogP contribution in [-0.2, 0) is 6.61 Å². The zero-order valence-corrected chi connectivity index (χ0v) is 11.1. The molecule has 19 heavy (non-hydrogen) atoms. The number of hydrazine groups is 2. The van der Waals surface area contributed by atoms with Gasteiger partial charge in [-0.3, -0.25) is 0 Å². The van der Waals surface area contributed by atoms with Gasteiger partial charge in [0.15, 0.2) is 0 Å². The Hall–Kier alpha value is -2.11. The first-order valence-corrected chi connectivity index (χ1v) is 6.32. The SMILES string of the molecule is S=CNNNc1cccc(OCc2ccccc2)c1. The minimum absolute atomic E-state index is 0.551. The highest BCUT2D eigenvalue weighted by Gasteiger charge is 1.97. The first-order valence-electron chi connectivity index (χ1n) is 5.85. The summed E-state index contributed by atoms with van der Waals surface area (Å²) in [4.78, 5) is 0. The molecule has 0 saturated carbocycles. The van der Waals surface area contributed by atoms with E-state index >= 15 is 0 Å². The topological polar surface area (TPSA) is 45.3 Å². The molecule has 0 fully saturated rings. The van der Waals surface area contributed by atoms with Gasteiger partial charge >= 0.3 is 0 Å². The molecule has 0 amide bonds. The standard InChI is InChI=1S/C14H15N3OS/c19-11-15-17-16-13-7-4-8-14(9-13)18-10-12-5-2-1-3-6-12/h1-9,11,16-17H,10H2,(H,15,19). The maximum absolute atomic E-state index is 5.72. The molecule has 3 N–H and O–H groups in total. The van der Waals surface area contributed by atoms with Crippen LogP contribution in [0.1, 0.15) is 5.56 Å². The van der Waals surface area contributed by atoms with Crippen molar-refractivity contribution in [1.29, 1.82) is 0 Å². The van der Waals surface area contributed by atoms with E-state index in [0.29, 0.717) is 6.61 Å². The molecule has 0 heterocycles. The van der Waals surface area contributed by atoms with Crippen LogP contribution in [0.5, 0.6) is 5.75 Å². The minimum atomic E-state index is 0.551. The lowest BCUT2D eigenvalue weighted by Gasteiger charge is -2.10. The van der Waals surface area contributed by atoms with Gasteiger partial charge in [-0.05, 0) is 17.7 Å². The molecule has 0 radical (unpaired) electrons. The predicted molar refractivity (Wildman–Crippen MR) is 80.8 cm³/mol. The zero-order valence-electron chi connectivity index (χ0n) is 10.3. The summed E-state index contributed by atoms with van der Waals surface area (Å²) in [6, 6.07) is 17.7. The second-order valence-corrected chi connectivity index (χ2v) is 4.05. The number of ether oxygens (including phenoxy) is 1. The predicted octanol–water partition coefficient (Wildman–Crippen LogP) is 2.64. The number of anilines is 1. The van der Waals surface area contributed by atoms with Crippen molar-refractivity contribution in [3.63, 3.8) is 0 Å². The summed E-state index contributed by atoms with van der Waals surface area (Å²) in [6.45, 7) is 0.551. The molecule has 5 heteroatoms. The molecule has 2 aromatic rings. The summed E-state index contributed by atoms with van der Waals surface area (Å²) in [5, 5.41) is 0. The third kappa shape index (κ3) is 4.57. The number of benzene rings is 2. The average Bonchev–Trinajstić information content (AvgIpc) is 2.47. The molecule has 0 saturated heterocycles. The van der Waals surface area contributed by atoms with Crippen LogP contribution in [0.4, 0.5) is 5.69 Å². The van der Waals surface area contributed by atoms with Gasteiger partial charge in [0.05, 0.1) is 11.2 Å². The van der Waals surface area contributed by atoms with E-state index in [-0.39, 0.29) is 0 Å². The van der Waals surface area contributed by atoms with E-state index in [2.05, 4.69) is 28.6 Å². The molecule has 0 bridgehead atoms. The highest BCUT2D eigenvalue weighted by Crippen LogP contribution is 2.17. The van der Waals surface area contributed by atoms with Crippen LogP contribution >= 0.6 is 12.2 Å². The highest BCUT2D eigenvalue weighted by atomic mass is 32.1. The minimum Gasteiger partial charge on any atom is -0.489 e. The second kappa shape index (κ2) is 7.35. The fraction of sp³-hybridized carbons (Fsp3) is 0.0714. The van der Waals surface area contributed by atoms with Gasteiger partial charge in [0.2, 0.25) is 0 Å². The molecule has 0 spiro atoms. The van der Waals surface area contributed by atoms with E-state index in [1.165, 1.54) is 5.49 Å². The zero-order chi connectivity index (χ0) is 13.3. The Labute approximate surface area is 117 Å². The fourth-order valence-corrected chi connectivity index (χ4v) is 1.60. The van der Waals surface area contributed by atoms with Gasteiger partial charge in [0, 0.05) is 6.07 Å². The van der Waals surface area contributed by atoms with E-state index in [1.54, 1.807) is 0 Å². The van der Waals surface area contributed by atoms with Crippen molar-refractivity contribution in [1.82, 2.24) is 11.0 Å². The third-order valence-electron chi connectivity index (χ3n) is 2.42. The molecule has 0 atom stereocenters. The summed E-state index contributed by atoms with van der Waals surface area (Å²) >= 11 is 4.63. The molecular weight excluding hydrogens is 258 g/mol. The van der Waals surface area contributed by atoms with Crippen molar-refractivity contribution in [2.75, 3.05) is 5.43 Å². The van der Waals surface area contributed by atoms with Crippen molar-refractivity contribution in [3.8, 4) is 5.75 Å². The van der Waals surface area contributed by atoms with Crippen LogP contribution in [0.3, 0.4) is 0 Å². The Balaban J connectivity index is 1.89. The lowest BCUT2D eigenvalue weighted by molar-refractivity contribution is 0.306. The van der Waals surface area contributed by atoms with Crippen molar-refractivity contribution in [2.24, 2.45) is 0 Å². The molecule has 0 aliphatic carbocycles. The van der Waals surface area contributed by atoms with Crippen molar-refractivity contribution in [3.05, 3.63) is 60.2 Å². The van der Waals surface area contributed by atoms with Crippen LogP contribution < -0.4 is 21.1 Å². The van der Waals surface area contributed by atoms with Crippen LogP contribution in [0.2, 0.25) is 0 Å². The Kier molecular flexibility index (Phi) is 5.16. The van der Waals surface area contributed by atoms with Crippen LogP contribution in [-0.4, -0.2) is 5.49 Å². The van der Waals surface area contributed by atoms with Crippen LogP contribution in [0.15, 0.2) is 54.6 Å². The summed E-state index contributed by atoms with van der Waals surface area (Å²) < 4.78 is 5.72. The fourth-order valence-electron chi connectivity index (χ4n) is 1.54. The molecular formula is C14H15N3OS. The molecule has 98 valence electrons. The van der Waals surface area contributed by atoms with Gasteiger partial charge in [-0.2, -0.15) is 0 Å². The van der Waals surface area contributed by atoms with Crippen LogP contribution in [0, 0.1) is 0 Å². The Morgan fingerprint density at radius 1 is 1.05 bits per heavy atom. The normalized spacial score (nSPS) is 9.68. The van der Waals surface area contributed by atoms with Gasteiger partial charge in [-0.1, -0.05) is 48.6 Å². The lowest BCUT2D eigenvalue weighted by atomic mass is 10.2. The maximum Gasteiger partial charge on any atom is 0.121 e. The van der Waals surface area contributed by atoms with E-state index < -0.39 is 0 Å². The quantitative estimate of drug-likeness (QED) is 0.411. The number of thiocarbonyl (C=S) groups is 1. The smallest absolute Gasteiger partial charge is 0.121 e. The average molecular weight is 273 g/mol. The molecule has 0 aromatic heterocycles. The summed E-state index contributed by atoms with van der Waals surface area (Å²) in [5.41, 5.74) is 11.7. The second-order valence-electron chi connectivity index (χ2n) is 3.81. The molecule has 0 aliphatic heterocycles. The number of nitrogens with one attached hydrogen (secondary N) is 3. The maximum atomic E-state index is 5.72. The van der Waals surface area contributed by atoms with Gasteiger partial charge < -0.3 is 15.6 Å². The van der Waals surface area contributed by atoms with Gasteiger partial charge in [0.1, 0.15) is 12.4 Å². The monoisotopic (exact) mass is 273 g/mol. The van der Waals surface area contributed by atoms with Gasteiger partial charge in [0.25, 0.3) is 0 Å². The van der Waals surface area contributed by atoms with Crippen molar-refractivity contribution >= 4 is 23.4 Å². The molecule has 0 unspecified atom stereocenters. The van der Waals surface area contributed by atoms with Gasteiger partial charge in [-0.25, -0.2) is 0 Å². The van der Waals surface area contributed by atoms with E-state index in [1.807, 2.05) is 54.6 Å². The first-order chi connectivity index (χ1) is 9.38. The highest BCUT2D eigenvalue weighted by molar-refractivity contribution is 7.78. The van der Waals surface area contributed by atoms with E-state index in [0.717, 1.165) is 17.0 Å². The number of hydrogen-bond donors (Lipinski definition) is 3. The first kappa shape index (κ1) is 13.3.